The van der Waals surface area contributed by atoms with E-state index in [0.717, 1.165) is 0 Å². The predicted molar refractivity (Wildman–Crippen MR) is 75.1 cm³/mol. The summed E-state index contributed by atoms with van der Waals surface area (Å²) in [5.41, 5.74) is 1.23. The largest absolute Gasteiger partial charge is 0.102 e. The topological polar surface area (TPSA) is 0 Å². The maximum Gasteiger partial charge on any atom is 0.0125 e. The summed E-state index contributed by atoms with van der Waals surface area (Å²) in [5.74, 6) is 0. The third kappa shape index (κ3) is 1.62. The van der Waals surface area contributed by atoms with E-state index in [4.69, 9.17) is 0 Å². The van der Waals surface area contributed by atoms with Crippen LogP contribution in [0.2, 0.25) is 0 Å². The van der Waals surface area contributed by atoms with Crippen LogP contribution in [-0.4, -0.2) is 0 Å². The van der Waals surface area contributed by atoms with Crippen LogP contribution < -0.4 is 0 Å². The summed E-state index contributed by atoms with van der Waals surface area (Å²) < 4.78 is 0. The zero-order valence-corrected chi connectivity index (χ0v) is 9.56. The van der Waals surface area contributed by atoms with Crippen LogP contribution in [0.4, 0.5) is 0 Å². The second-order valence-corrected chi connectivity index (χ2v) is 4.13. The van der Waals surface area contributed by atoms with Gasteiger partial charge in [-0.25, -0.2) is 0 Å². The van der Waals surface area contributed by atoms with Crippen LogP contribution in [0.5, 0.6) is 0 Å². The summed E-state index contributed by atoms with van der Waals surface area (Å²) in [5, 5.41) is 5.19. The molecule has 0 aliphatic rings. The van der Waals surface area contributed by atoms with Crippen molar-refractivity contribution in [3.63, 3.8) is 0 Å². The summed E-state index contributed by atoms with van der Waals surface area (Å²) in [6.45, 7) is 3.77. The van der Waals surface area contributed by atoms with Gasteiger partial charge in [-0.05, 0) is 27.1 Å². The molecule has 1 radical (unpaired) electrons. The molecule has 3 rings (SSSR count). The normalized spacial score (nSPS) is 10.8. The number of allylic oxidation sites excluding steroid dienone is 1. The minimum atomic E-state index is 1.23. The summed E-state index contributed by atoms with van der Waals surface area (Å²) in [7, 11) is 0. The Hall–Kier alpha value is -2.08. The van der Waals surface area contributed by atoms with Crippen LogP contribution >= 0.6 is 0 Å². The fraction of sp³-hybridized carbons (Fsp3) is 0. The highest BCUT2D eigenvalue weighted by Gasteiger charge is 2.02. The summed E-state index contributed by atoms with van der Waals surface area (Å²) in [4.78, 5) is 0. The van der Waals surface area contributed by atoms with Crippen LogP contribution in [0.3, 0.4) is 0 Å². The lowest BCUT2D eigenvalue weighted by Crippen LogP contribution is -1.83. The first-order valence-electron chi connectivity index (χ1n) is 5.76. The lowest BCUT2D eigenvalue weighted by Gasteiger charge is -2.07. The molecule has 0 aromatic heterocycles. The molecule has 3 aromatic rings. The molecule has 81 valence electrons. The predicted octanol–water partition coefficient (Wildman–Crippen LogP) is 4.73. The number of hydrogen-bond donors (Lipinski definition) is 0. The molecule has 3 aromatic carbocycles. The molecular weight excluding hydrogens is 204 g/mol. The molecule has 0 amide bonds. The van der Waals surface area contributed by atoms with Crippen LogP contribution in [0.1, 0.15) is 5.56 Å². The molecule has 0 N–H and O–H groups in total. The highest BCUT2D eigenvalue weighted by molar-refractivity contribution is 6.08. The highest BCUT2D eigenvalue weighted by Crippen LogP contribution is 2.28. The smallest absolute Gasteiger partial charge is 0.0125 e. The lowest BCUT2D eigenvalue weighted by molar-refractivity contribution is 1.59. The lowest BCUT2D eigenvalue weighted by atomic mass is 9.97. The van der Waals surface area contributed by atoms with Gasteiger partial charge in [0.05, 0.1) is 0 Å². The molecule has 0 saturated carbocycles. The van der Waals surface area contributed by atoms with Gasteiger partial charge < -0.3 is 0 Å². The van der Waals surface area contributed by atoms with E-state index in [1.165, 1.54) is 27.1 Å². The van der Waals surface area contributed by atoms with E-state index in [2.05, 4.69) is 67.6 Å². The van der Waals surface area contributed by atoms with E-state index in [0.29, 0.717) is 0 Å². The Morgan fingerprint density at radius 2 is 1.53 bits per heavy atom. The van der Waals surface area contributed by atoms with Crippen molar-refractivity contribution in [1.82, 2.24) is 0 Å². The molecule has 17 heavy (non-hydrogen) atoms. The Bertz CT molecular complexity index is 693. The molecule has 0 unspecified atom stereocenters. The molecule has 0 heterocycles. The Balaban J connectivity index is 2.43. The highest BCUT2D eigenvalue weighted by atomic mass is 14.1. The molecule has 0 aliphatic carbocycles. The second-order valence-electron chi connectivity index (χ2n) is 4.13. The Labute approximate surface area is 101 Å². The standard InChI is InChI=1S/C17H13/c1-2-6-13-8-5-10-17-15-9-4-3-7-14(15)11-12-16(13)17/h2-12H,1H2. The average molecular weight is 217 g/mol. The maximum atomic E-state index is 3.77. The van der Waals surface area contributed by atoms with Gasteiger partial charge in [-0.2, -0.15) is 0 Å². The van der Waals surface area contributed by atoms with E-state index < -0.39 is 0 Å². The molecule has 0 heteroatoms. The molecule has 0 saturated heterocycles. The summed E-state index contributed by atoms with van der Waals surface area (Å²) >= 11 is 0. The van der Waals surface area contributed by atoms with Gasteiger partial charge in [-0.1, -0.05) is 60.7 Å². The van der Waals surface area contributed by atoms with Gasteiger partial charge in [0.15, 0.2) is 0 Å². The zero-order valence-electron chi connectivity index (χ0n) is 9.56. The van der Waals surface area contributed by atoms with Gasteiger partial charge in [-0.15, -0.1) is 6.58 Å². The van der Waals surface area contributed by atoms with Crippen molar-refractivity contribution < 1.29 is 0 Å². The quantitative estimate of drug-likeness (QED) is 0.544. The van der Waals surface area contributed by atoms with Crippen molar-refractivity contribution in [2.45, 2.75) is 0 Å². The Morgan fingerprint density at radius 1 is 0.706 bits per heavy atom. The van der Waals surface area contributed by atoms with Crippen molar-refractivity contribution in [1.29, 1.82) is 0 Å². The van der Waals surface area contributed by atoms with Gasteiger partial charge in [0, 0.05) is 6.42 Å². The molecule has 0 nitrogen and oxygen atoms in total. The number of rotatable bonds is 2. The molecule has 0 bridgehead atoms. The Morgan fingerprint density at radius 3 is 2.41 bits per heavy atom. The molecule has 0 atom stereocenters. The van der Waals surface area contributed by atoms with Crippen LogP contribution in [0.25, 0.3) is 21.5 Å². The van der Waals surface area contributed by atoms with Gasteiger partial charge >= 0.3 is 0 Å². The van der Waals surface area contributed by atoms with E-state index >= 15 is 0 Å². The third-order valence-corrected chi connectivity index (χ3v) is 3.12. The summed E-state index contributed by atoms with van der Waals surface area (Å²) in [6.07, 6.45) is 3.89. The molecule has 0 aliphatic heterocycles. The fourth-order valence-electron chi connectivity index (χ4n) is 2.34. The number of fused-ring (bicyclic) bond motifs is 3. The van der Waals surface area contributed by atoms with Crippen molar-refractivity contribution >= 4 is 21.5 Å². The number of benzene rings is 3. The van der Waals surface area contributed by atoms with Crippen molar-refractivity contribution in [3.05, 3.63) is 79.2 Å². The van der Waals surface area contributed by atoms with Gasteiger partial charge in [-0.3, -0.25) is 0 Å². The first kappa shape index (κ1) is 10.1. The van der Waals surface area contributed by atoms with Gasteiger partial charge in [0.1, 0.15) is 0 Å². The summed E-state index contributed by atoms with van der Waals surface area (Å²) in [6, 6.07) is 19.3. The van der Waals surface area contributed by atoms with Crippen molar-refractivity contribution in [2.24, 2.45) is 0 Å². The van der Waals surface area contributed by atoms with Crippen LogP contribution in [0, 0.1) is 6.42 Å². The van der Waals surface area contributed by atoms with E-state index in [1.54, 1.807) is 0 Å². The minimum Gasteiger partial charge on any atom is -0.102 e. The zero-order chi connectivity index (χ0) is 11.7. The van der Waals surface area contributed by atoms with E-state index in [9.17, 15) is 0 Å². The fourth-order valence-corrected chi connectivity index (χ4v) is 2.34. The van der Waals surface area contributed by atoms with E-state index in [-0.39, 0.29) is 0 Å². The first-order chi connectivity index (χ1) is 8.40. The third-order valence-electron chi connectivity index (χ3n) is 3.12. The first-order valence-corrected chi connectivity index (χ1v) is 5.76. The van der Waals surface area contributed by atoms with Crippen molar-refractivity contribution in [3.8, 4) is 0 Å². The van der Waals surface area contributed by atoms with E-state index in [1.807, 2.05) is 6.08 Å². The second kappa shape index (κ2) is 4.06. The minimum absolute atomic E-state index is 1.23. The van der Waals surface area contributed by atoms with Gasteiger partial charge in [0.25, 0.3) is 0 Å². The maximum absolute atomic E-state index is 3.77. The monoisotopic (exact) mass is 217 g/mol. The molecule has 0 spiro atoms. The van der Waals surface area contributed by atoms with Crippen LogP contribution in [-0.2, 0) is 0 Å². The number of hydrogen-bond acceptors (Lipinski definition) is 0. The SMILES string of the molecule is C=C[CH]c1cccc2c1ccc1ccccc12. The van der Waals surface area contributed by atoms with Crippen LogP contribution in [0.15, 0.2) is 67.3 Å². The average Bonchev–Trinajstić information content (AvgIpc) is 2.39. The molecule has 0 fully saturated rings. The molecular formula is C17H13. The van der Waals surface area contributed by atoms with Gasteiger partial charge in [0.2, 0.25) is 0 Å². The van der Waals surface area contributed by atoms with Crippen molar-refractivity contribution in [2.75, 3.05) is 0 Å². The Kier molecular flexibility index (Phi) is 2.41.